The fourth-order valence-corrected chi connectivity index (χ4v) is 2.37. The summed E-state index contributed by atoms with van der Waals surface area (Å²) in [5.74, 6) is -0.526. The first-order chi connectivity index (χ1) is 9.39. The van der Waals surface area contributed by atoms with E-state index in [0.717, 1.165) is 6.07 Å². The van der Waals surface area contributed by atoms with Crippen LogP contribution < -0.4 is 11.1 Å². The molecule has 0 radical (unpaired) electrons. The van der Waals surface area contributed by atoms with Crippen molar-refractivity contribution >= 4 is 5.91 Å². The number of alkyl halides is 3. The van der Waals surface area contributed by atoms with Crippen LogP contribution in [0.25, 0.3) is 0 Å². The van der Waals surface area contributed by atoms with E-state index >= 15 is 0 Å². The van der Waals surface area contributed by atoms with Crippen molar-refractivity contribution in [3.05, 3.63) is 35.4 Å². The Hall–Kier alpha value is -1.60. The summed E-state index contributed by atoms with van der Waals surface area (Å²) in [4.78, 5) is 13.0. The van der Waals surface area contributed by atoms with Gasteiger partial charge in [-0.25, -0.2) is 0 Å². The van der Waals surface area contributed by atoms with E-state index in [0.29, 0.717) is 19.6 Å². The topological polar surface area (TPSA) is 58.4 Å². The second-order valence-electron chi connectivity index (χ2n) is 4.75. The molecule has 20 heavy (non-hydrogen) atoms. The number of nitrogens with one attached hydrogen (secondary N) is 1. The van der Waals surface area contributed by atoms with Crippen LogP contribution in [0.5, 0.6) is 0 Å². The third-order valence-corrected chi connectivity index (χ3v) is 3.38. The molecule has 1 saturated heterocycles. The van der Waals surface area contributed by atoms with Crippen molar-refractivity contribution in [1.82, 2.24) is 10.2 Å². The van der Waals surface area contributed by atoms with Crippen molar-refractivity contribution in [2.24, 2.45) is 5.73 Å². The number of halogens is 3. The van der Waals surface area contributed by atoms with Gasteiger partial charge in [-0.2, -0.15) is 13.2 Å². The molecule has 3 N–H and O–H groups in total. The van der Waals surface area contributed by atoms with Crippen molar-refractivity contribution in [1.29, 1.82) is 0 Å². The summed E-state index contributed by atoms with van der Waals surface area (Å²) < 4.78 is 38.8. The molecule has 0 saturated carbocycles. The molecule has 0 aliphatic carbocycles. The second-order valence-corrected chi connectivity index (χ2v) is 4.75. The summed E-state index contributed by atoms with van der Waals surface area (Å²) >= 11 is 0. The number of nitrogens with two attached hydrogens (primary N) is 1. The van der Waals surface area contributed by atoms with Crippen LogP contribution in [-0.4, -0.2) is 36.5 Å². The van der Waals surface area contributed by atoms with Crippen LogP contribution in [0.15, 0.2) is 24.3 Å². The number of primary amides is 1. The standard InChI is InChI=1S/C13H16F3N3O/c14-13(15,16)10-4-2-1-3-9(10)8-19-6-5-18-7-11(19)12(17)20/h1-4,11,18H,5-8H2,(H2,17,20). The Morgan fingerprint density at radius 2 is 2.10 bits per heavy atom. The average molecular weight is 287 g/mol. The third-order valence-electron chi connectivity index (χ3n) is 3.38. The molecule has 0 spiro atoms. The van der Waals surface area contributed by atoms with E-state index in [1.165, 1.54) is 12.1 Å². The van der Waals surface area contributed by atoms with Gasteiger partial charge >= 0.3 is 6.18 Å². The molecular formula is C13H16F3N3O. The van der Waals surface area contributed by atoms with Crippen molar-refractivity contribution in [2.75, 3.05) is 19.6 Å². The smallest absolute Gasteiger partial charge is 0.368 e. The molecule has 1 aromatic rings. The van der Waals surface area contributed by atoms with Gasteiger partial charge in [-0.3, -0.25) is 9.69 Å². The van der Waals surface area contributed by atoms with Gasteiger partial charge in [0.05, 0.1) is 5.56 Å². The largest absolute Gasteiger partial charge is 0.416 e. The Kier molecular flexibility index (Phi) is 4.29. The number of benzene rings is 1. The molecule has 7 heteroatoms. The van der Waals surface area contributed by atoms with E-state index in [-0.39, 0.29) is 12.1 Å². The van der Waals surface area contributed by atoms with Gasteiger partial charge in [0.25, 0.3) is 0 Å². The van der Waals surface area contributed by atoms with Crippen molar-refractivity contribution < 1.29 is 18.0 Å². The Bertz CT molecular complexity index is 490. The Balaban J connectivity index is 2.23. The predicted octanol–water partition coefficient (Wildman–Crippen LogP) is 0.965. The minimum Gasteiger partial charge on any atom is -0.368 e. The SMILES string of the molecule is NC(=O)C1CNCCN1Cc1ccccc1C(F)(F)F. The molecule has 1 fully saturated rings. The molecule has 1 unspecified atom stereocenters. The van der Waals surface area contributed by atoms with Gasteiger partial charge in [-0.1, -0.05) is 18.2 Å². The van der Waals surface area contributed by atoms with Crippen LogP contribution in [0, 0.1) is 0 Å². The number of nitrogens with zero attached hydrogens (tertiary/aromatic N) is 1. The van der Waals surface area contributed by atoms with Gasteiger partial charge in [-0.15, -0.1) is 0 Å². The lowest BCUT2D eigenvalue weighted by Crippen LogP contribution is -2.56. The zero-order valence-corrected chi connectivity index (χ0v) is 10.8. The lowest BCUT2D eigenvalue weighted by molar-refractivity contribution is -0.138. The maximum atomic E-state index is 12.9. The van der Waals surface area contributed by atoms with Crippen molar-refractivity contribution in [2.45, 2.75) is 18.8 Å². The molecule has 1 amide bonds. The number of hydrogen-bond acceptors (Lipinski definition) is 3. The molecule has 2 rings (SSSR count). The number of carbonyl (C=O) groups is 1. The lowest BCUT2D eigenvalue weighted by Gasteiger charge is -2.34. The summed E-state index contributed by atoms with van der Waals surface area (Å²) in [6, 6.07) is 4.83. The minimum atomic E-state index is -4.40. The predicted molar refractivity (Wildman–Crippen MR) is 67.7 cm³/mol. The zero-order chi connectivity index (χ0) is 14.8. The van der Waals surface area contributed by atoms with E-state index in [9.17, 15) is 18.0 Å². The summed E-state index contributed by atoms with van der Waals surface area (Å²) in [6.07, 6.45) is -4.40. The molecular weight excluding hydrogens is 271 g/mol. The molecule has 1 aliphatic rings. The molecule has 1 aromatic carbocycles. The fraction of sp³-hybridized carbons (Fsp3) is 0.462. The molecule has 1 aliphatic heterocycles. The highest BCUT2D eigenvalue weighted by Crippen LogP contribution is 2.32. The van der Waals surface area contributed by atoms with Gasteiger partial charge < -0.3 is 11.1 Å². The average Bonchev–Trinajstić information content (AvgIpc) is 2.38. The second kappa shape index (κ2) is 5.80. The van der Waals surface area contributed by atoms with E-state index in [2.05, 4.69) is 5.32 Å². The number of amides is 1. The van der Waals surface area contributed by atoms with Gasteiger partial charge in [-0.05, 0) is 11.6 Å². The monoisotopic (exact) mass is 287 g/mol. The van der Waals surface area contributed by atoms with Crippen LogP contribution in [0.2, 0.25) is 0 Å². The molecule has 0 aromatic heterocycles. The fourth-order valence-electron chi connectivity index (χ4n) is 2.37. The third kappa shape index (κ3) is 3.29. The number of carbonyl (C=O) groups excluding carboxylic acids is 1. The first-order valence-corrected chi connectivity index (χ1v) is 6.29. The van der Waals surface area contributed by atoms with E-state index < -0.39 is 23.7 Å². The van der Waals surface area contributed by atoms with Gasteiger partial charge in [0, 0.05) is 26.2 Å². The Morgan fingerprint density at radius 3 is 2.75 bits per heavy atom. The highest BCUT2D eigenvalue weighted by Gasteiger charge is 2.34. The summed E-state index contributed by atoms with van der Waals surface area (Å²) in [5.41, 5.74) is 4.79. The van der Waals surface area contributed by atoms with E-state index in [4.69, 9.17) is 5.73 Å². The maximum absolute atomic E-state index is 12.9. The van der Waals surface area contributed by atoms with Crippen LogP contribution in [-0.2, 0) is 17.5 Å². The highest BCUT2D eigenvalue weighted by atomic mass is 19.4. The number of hydrogen-bond donors (Lipinski definition) is 2. The van der Waals surface area contributed by atoms with Crippen molar-refractivity contribution in [3.8, 4) is 0 Å². The number of piperazine rings is 1. The van der Waals surface area contributed by atoms with Gasteiger partial charge in [0.2, 0.25) is 5.91 Å². The minimum absolute atomic E-state index is 0.0605. The highest BCUT2D eigenvalue weighted by molar-refractivity contribution is 5.80. The molecule has 1 atom stereocenters. The molecule has 4 nitrogen and oxygen atoms in total. The van der Waals surface area contributed by atoms with Gasteiger partial charge in [0.1, 0.15) is 6.04 Å². The first kappa shape index (κ1) is 14.8. The Morgan fingerprint density at radius 1 is 1.40 bits per heavy atom. The number of rotatable bonds is 3. The summed E-state index contributed by atoms with van der Waals surface area (Å²) in [6.45, 7) is 1.53. The maximum Gasteiger partial charge on any atom is 0.416 e. The van der Waals surface area contributed by atoms with E-state index in [1.54, 1.807) is 11.0 Å². The normalized spacial score (nSPS) is 20.9. The van der Waals surface area contributed by atoms with Crippen LogP contribution >= 0.6 is 0 Å². The lowest BCUT2D eigenvalue weighted by atomic mass is 10.0. The zero-order valence-electron chi connectivity index (χ0n) is 10.8. The molecule has 110 valence electrons. The first-order valence-electron chi connectivity index (χ1n) is 6.29. The summed E-state index contributed by atoms with van der Waals surface area (Å²) in [5, 5.41) is 3.01. The van der Waals surface area contributed by atoms with Crippen LogP contribution in [0.1, 0.15) is 11.1 Å². The molecule has 0 bridgehead atoms. The summed E-state index contributed by atoms with van der Waals surface area (Å²) in [7, 11) is 0. The van der Waals surface area contributed by atoms with E-state index in [1.807, 2.05) is 0 Å². The van der Waals surface area contributed by atoms with Crippen LogP contribution in [0.3, 0.4) is 0 Å². The van der Waals surface area contributed by atoms with Crippen molar-refractivity contribution in [3.63, 3.8) is 0 Å². The van der Waals surface area contributed by atoms with Crippen LogP contribution in [0.4, 0.5) is 13.2 Å². The molecule has 1 heterocycles. The quantitative estimate of drug-likeness (QED) is 0.871. The Labute approximate surface area is 114 Å². The van der Waals surface area contributed by atoms with Gasteiger partial charge in [0.15, 0.2) is 0 Å².